The van der Waals surface area contributed by atoms with Crippen molar-refractivity contribution in [3.63, 3.8) is 0 Å². The van der Waals surface area contributed by atoms with Crippen LogP contribution in [0.2, 0.25) is 0 Å². The van der Waals surface area contributed by atoms with Gasteiger partial charge in [-0.05, 0) is 35.6 Å². The van der Waals surface area contributed by atoms with E-state index < -0.39 is 6.29 Å². The molecule has 0 unspecified atom stereocenters. The Labute approximate surface area is 133 Å². The first-order valence-corrected chi connectivity index (χ1v) is 7.96. The maximum Gasteiger partial charge on any atom is 0.231 e. The fourth-order valence-corrected chi connectivity index (χ4v) is 4.12. The topological polar surface area (TPSA) is 55.8 Å². The lowest BCUT2D eigenvalue weighted by molar-refractivity contribution is -0.110. The molecule has 3 atom stereocenters. The van der Waals surface area contributed by atoms with Gasteiger partial charge in [0.25, 0.3) is 0 Å². The summed E-state index contributed by atoms with van der Waals surface area (Å²) in [5, 5.41) is 10.2. The van der Waals surface area contributed by atoms with Crippen LogP contribution in [-0.4, -0.2) is 10.9 Å². The molecule has 3 aliphatic rings. The van der Waals surface area contributed by atoms with Gasteiger partial charge in [0.05, 0.1) is 5.56 Å². The molecule has 0 spiro atoms. The average molecular weight is 308 g/mol. The lowest BCUT2D eigenvalue weighted by atomic mass is 9.79. The van der Waals surface area contributed by atoms with E-state index in [1.807, 2.05) is 18.2 Å². The molecule has 23 heavy (non-hydrogen) atoms. The van der Waals surface area contributed by atoms with E-state index in [0.29, 0.717) is 23.7 Å². The largest absolute Gasteiger partial charge is 0.507 e. The van der Waals surface area contributed by atoms with Crippen molar-refractivity contribution in [1.29, 1.82) is 0 Å². The normalized spacial score (nSPS) is 27.0. The number of carbonyl (C=O) groups excluding carboxylic acids is 1. The van der Waals surface area contributed by atoms with Crippen LogP contribution in [0.4, 0.5) is 0 Å². The highest BCUT2D eigenvalue weighted by atomic mass is 16.7. The minimum Gasteiger partial charge on any atom is -0.507 e. The van der Waals surface area contributed by atoms with Crippen molar-refractivity contribution in [3.05, 3.63) is 58.1 Å². The lowest BCUT2D eigenvalue weighted by Crippen LogP contribution is -2.24. The number of ether oxygens (including phenoxy) is 2. The van der Waals surface area contributed by atoms with Crippen LogP contribution in [0.3, 0.4) is 0 Å². The van der Waals surface area contributed by atoms with E-state index in [4.69, 9.17) is 9.47 Å². The summed E-state index contributed by atoms with van der Waals surface area (Å²) in [5.74, 6) is 1.40. The number of hydrogen-bond donors (Lipinski definition) is 1. The molecule has 0 aromatic heterocycles. The molecule has 0 radical (unpaired) electrons. The Morgan fingerprint density at radius 3 is 2.87 bits per heavy atom. The molecule has 4 heteroatoms. The number of benzene rings is 2. The van der Waals surface area contributed by atoms with Gasteiger partial charge in [-0.25, -0.2) is 0 Å². The van der Waals surface area contributed by atoms with E-state index in [1.165, 1.54) is 0 Å². The zero-order valence-electron chi connectivity index (χ0n) is 12.7. The molecule has 5 rings (SSSR count). The molecule has 2 aromatic carbocycles. The van der Waals surface area contributed by atoms with Crippen molar-refractivity contribution < 1.29 is 19.4 Å². The third kappa shape index (κ3) is 1.67. The molecule has 116 valence electrons. The summed E-state index contributed by atoms with van der Waals surface area (Å²) in [4.78, 5) is 12.7. The highest BCUT2D eigenvalue weighted by Gasteiger charge is 2.44. The predicted octanol–water partition coefficient (Wildman–Crippen LogP) is 3.67. The van der Waals surface area contributed by atoms with Gasteiger partial charge in [-0.15, -0.1) is 0 Å². The van der Waals surface area contributed by atoms with Gasteiger partial charge >= 0.3 is 0 Å². The van der Waals surface area contributed by atoms with Crippen LogP contribution in [0.15, 0.2) is 30.3 Å². The van der Waals surface area contributed by atoms with Crippen molar-refractivity contribution in [2.75, 3.05) is 0 Å². The third-order valence-corrected chi connectivity index (χ3v) is 5.06. The minimum absolute atomic E-state index is 0.162. The number of carbonyl (C=O) groups is 1. The number of Topliss-reactive ketones (excluding diaryl/α,β-unsaturated/α-hetero) is 1. The molecule has 0 fully saturated rings. The summed E-state index contributed by atoms with van der Waals surface area (Å²) in [7, 11) is 0. The summed E-state index contributed by atoms with van der Waals surface area (Å²) in [5.41, 5.74) is 4.25. The van der Waals surface area contributed by atoms with Gasteiger partial charge in [-0.2, -0.15) is 0 Å². The molecule has 2 aromatic rings. The second-order valence-electron chi connectivity index (χ2n) is 6.69. The van der Waals surface area contributed by atoms with Gasteiger partial charge in [-0.3, -0.25) is 4.79 Å². The molecule has 4 nitrogen and oxygen atoms in total. The van der Waals surface area contributed by atoms with Crippen LogP contribution in [0.25, 0.3) is 0 Å². The molecule has 0 saturated carbocycles. The smallest absolute Gasteiger partial charge is 0.231 e. The number of hydrogen-bond acceptors (Lipinski definition) is 4. The standard InChI is InChI=1S/C19H16O4/c1-9-7-10-5-6-14-17(15(10)13(21)8-9)18-11-3-2-4-12(20)16(11)19(22-14)23-18/h2-6,9,18-20H,7-8H2,1H3/t9-,18+,19-/m0/s1. The van der Waals surface area contributed by atoms with E-state index in [1.54, 1.807) is 12.1 Å². The Bertz CT molecular complexity index is 855. The summed E-state index contributed by atoms with van der Waals surface area (Å²) >= 11 is 0. The van der Waals surface area contributed by atoms with Crippen LogP contribution in [0, 0.1) is 5.92 Å². The van der Waals surface area contributed by atoms with E-state index in [0.717, 1.165) is 28.7 Å². The summed E-state index contributed by atoms with van der Waals surface area (Å²) in [6.45, 7) is 2.10. The lowest BCUT2D eigenvalue weighted by Gasteiger charge is -2.30. The maximum absolute atomic E-state index is 12.7. The Kier molecular flexibility index (Phi) is 2.49. The Morgan fingerprint density at radius 2 is 2.00 bits per heavy atom. The Hall–Kier alpha value is -2.33. The number of aromatic hydroxyl groups is 1. The van der Waals surface area contributed by atoms with Gasteiger partial charge in [0.1, 0.15) is 17.6 Å². The van der Waals surface area contributed by atoms with E-state index >= 15 is 0 Å². The van der Waals surface area contributed by atoms with Gasteiger partial charge in [0, 0.05) is 17.5 Å². The number of fused-ring (bicyclic) bond motifs is 9. The van der Waals surface area contributed by atoms with Gasteiger partial charge in [0.2, 0.25) is 6.29 Å². The quantitative estimate of drug-likeness (QED) is 0.807. The van der Waals surface area contributed by atoms with E-state index in [-0.39, 0.29) is 17.6 Å². The molecule has 2 aliphatic heterocycles. The molecular weight excluding hydrogens is 292 g/mol. The zero-order chi connectivity index (χ0) is 15.7. The summed E-state index contributed by atoms with van der Waals surface area (Å²) < 4.78 is 11.9. The first-order chi connectivity index (χ1) is 11.1. The molecular formula is C19H16O4. The fourth-order valence-electron chi connectivity index (χ4n) is 4.12. The third-order valence-electron chi connectivity index (χ3n) is 5.06. The van der Waals surface area contributed by atoms with Gasteiger partial charge in [0.15, 0.2) is 5.78 Å². The van der Waals surface area contributed by atoms with Crippen LogP contribution in [0.5, 0.6) is 11.5 Å². The Morgan fingerprint density at radius 1 is 1.13 bits per heavy atom. The molecule has 2 heterocycles. The van der Waals surface area contributed by atoms with Crippen molar-refractivity contribution in [2.24, 2.45) is 5.92 Å². The zero-order valence-corrected chi connectivity index (χ0v) is 12.7. The van der Waals surface area contributed by atoms with Crippen molar-refractivity contribution in [1.82, 2.24) is 0 Å². The second kappa shape index (κ2) is 4.36. The van der Waals surface area contributed by atoms with Gasteiger partial charge < -0.3 is 14.6 Å². The van der Waals surface area contributed by atoms with Crippen molar-refractivity contribution >= 4 is 5.78 Å². The summed E-state index contributed by atoms with van der Waals surface area (Å²) in [6.07, 6.45) is 0.529. The predicted molar refractivity (Wildman–Crippen MR) is 82.7 cm³/mol. The molecule has 1 aliphatic carbocycles. The van der Waals surface area contributed by atoms with Gasteiger partial charge in [-0.1, -0.05) is 25.1 Å². The van der Waals surface area contributed by atoms with Crippen LogP contribution in [-0.2, 0) is 11.2 Å². The number of phenols is 1. The highest BCUT2D eigenvalue weighted by molar-refractivity contribution is 6.01. The highest BCUT2D eigenvalue weighted by Crippen LogP contribution is 2.54. The number of ketones is 1. The van der Waals surface area contributed by atoms with Crippen LogP contribution < -0.4 is 4.74 Å². The average Bonchev–Trinajstić information content (AvgIpc) is 2.81. The van der Waals surface area contributed by atoms with Crippen molar-refractivity contribution in [2.45, 2.75) is 32.2 Å². The van der Waals surface area contributed by atoms with Crippen LogP contribution in [0.1, 0.15) is 58.4 Å². The van der Waals surface area contributed by atoms with E-state index in [9.17, 15) is 9.90 Å². The minimum atomic E-state index is -0.598. The summed E-state index contributed by atoms with van der Waals surface area (Å²) in [6, 6.07) is 9.31. The monoisotopic (exact) mass is 308 g/mol. The number of phenolic OH excluding ortho intramolecular Hbond substituents is 1. The first-order valence-electron chi connectivity index (χ1n) is 7.96. The van der Waals surface area contributed by atoms with Crippen molar-refractivity contribution in [3.8, 4) is 11.5 Å². The number of rotatable bonds is 0. The molecule has 1 N–H and O–H groups in total. The SMILES string of the molecule is C[C@@H]1CC(=O)c2c(ccc3c2[C@@H]2O[C@H](O3)c3c(O)cccc32)C1. The fraction of sp³-hybridized carbons (Fsp3) is 0.316. The molecule has 0 saturated heterocycles. The first kappa shape index (κ1) is 13.1. The molecule has 2 bridgehead atoms. The van der Waals surface area contributed by atoms with E-state index in [2.05, 4.69) is 6.92 Å². The Balaban J connectivity index is 1.76. The maximum atomic E-state index is 12.7. The second-order valence-corrected chi connectivity index (χ2v) is 6.69. The molecule has 0 amide bonds. The van der Waals surface area contributed by atoms with Crippen LogP contribution >= 0.6 is 0 Å².